The number of hydrazine groups is 1. The monoisotopic (exact) mass is 543 g/mol. The van der Waals surface area contributed by atoms with Crippen molar-refractivity contribution in [1.29, 1.82) is 0 Å². The van der Waals surface area contributed by atoms with E-state index >= 15 is 0 Å². The molecule has 5 rings (SSSR count). The molecular weight excluding hydrogens is 510 g/mol. The van der Waals surface area contributed by atoms with Gasteiger partial charge in [-0.05, 0) is 41.7 Å². The van der Waals surface area contributed by atoms with Gasteiger partial charge in [0.05, 0.1) is 12.1 Å². The van der Waals surface area contributed by atoms with Crippen LogP contribution in [0.1, 0.15) is 30.0 Å². The molecule has 3 aromatic rings. The lowest BCUT2D eigenvalue weighted by atomic mass is 10.0. The molecule has 2 saturated heterocycles. The maximum atomic E-state index is 13.4. The number of esters is 1. The van der Waals surface area contributed by atoms with E-state index in [0.29, 0.717) is 25.3 Å². The number of carbonyl (C=O) groups is 3. The third kappa shape index (κ3) is 6.79. The van der Waals surface area contributed by atoms with Crippen molar-refractivity contribution in [2.75, 3.05) is 19.6 Å². The summed E-state index contributed by atoms with van der Waals surface area (Å²) in [6.07, 6.45) is 0.248. The Labute approximate surface area is 233 Å². The largest absolute Gasteiger partial charge is 0.443 e. The molecule has 0 saturated carbocycles. The Kier molecular flexibility index (Phi) is 8.61. The van der Waals surface area contributed by atoms with E-state index in [2.05, 4.69) is 4.90 Å². The van der Waals surface area contributed by atoms with Crippen molar-refractivity contribution < 1.29 is 28.6 Å². The highest BCUT2D eigenvalue weighted by Gasteiger charge is 2.50. The molecule has 0 spiro atoms. The van der Waals surface area contributed by atoms with Crippen molar-refractivity contribution in [1.82, 2.24) is 14.9 Å². The number of likely N-dealkylation sites (tertiary alicyclic amines) is 1. The van der Waals surface area contributed by atoms with Crippen LogP contribution < -0.4 is 4.74 Å². The van der Waals surface area contributed by atoms with Gasteiger partial charge in [0, 0.05) is 26.6 Å². The van der Waals surface area contributed by atoms with Gasteiger partial charge < -0.3 is 14.2 Å². The maximum Gasteiger partial charge on any atom is 0.429 e. The van der Waals surface area contributed by atoms with Crippen molar-refractivity contribution >= 4 is 18.2 Å². The second-order valence-corrected chi connectivity index (χ2v) is 10.1. The number of benzene rings is 3. The number of carbonyl (C=O) groups excluding carboxylic acids is 3. The van der Waals surface area contributed by atoms with Gasteiger partial charge in [-0.2, -0.15) is 0 Å². The first kappa shape index (κ1) is 27.2. The van der Waals surface area contributed by atoms with Gasteiger partial charge in [0.15, 0.2) is 0 Å². The molecule has 0 N–H and O–H groups in total. The zero-order valence-electron chi connectivity index (χ0n) is 22.5. The molecule has 3 aromatic carbocycles. The van der Waals surface area contributed by atoms with Gasteiger partial charge in [0.2, 0.25) is 0 Å². The molecule has 2 bridgehead atoms. The van der Waals surface area contributed by atoms with Crippen molar-refractivity contribution in [2.45, 2.75) is 45.1 Å². The van der Waals surface area contributed by atoms with E-state index < -0.39 is 12.2 Å². The number of amides is 2. The Morgan fingerprint density at radius 3 is 1.77 bits per heavy atom. The zero-order valence-corrected chi connectivity index (χ0v) is 22.5. The predicted molar refractivity (Wildman–Crippen MR) is 147 cm³/mol. The lowest BCUT2D eigenvalue weighted by molar-refractivity contribution is -0.131. The van der Waals surface area contributed by atoms with E-state index in [-0.39, 0.29) is 31.3 Å². The van der Waals surface area contributed by atoms with Gasteiger partial charge in [-0.3, -0.25) is 9.69 Å². The average molecular weight is 544 g/mol. The van der Waals surface area contributed by atoms with Crippen LogP contribution in [0.15, 0.2) is 84.9 Å². The summed E-state index contributed by atoms with van der Waals surface area (Å²) in [5, 5.41) is 2.89. The van der Waals surface area contributed by atoms with E-state index in [4.69, 9.17) is 14.2 Å². The van der Waals surface area contributed by atoms with Gasteiger partial charge in [0.25, 0.3) is 0 Å². The highest BCUT2D eigenvalue weighted by molar-refractivity contribution is 5.76. The Balaban J connectivity index is 1.27. The number of ether oxygens (including phenoxy) is 3. The summed E-state index contributed by atoms with van der Waals surface area (Å²) >= 11 is 0. The first-order chi connectivity index (χ1) is 19.5. The highest BCUT2D eigenvalue weighted by Crippen LogP contribution is 2.32. The minimum absolute atomic E-state index is 0.114. The minimum atomic E-state index is -0.566. The highest BCUT2D eigenvalue weighted by atomic mass is 16.6. The van der Waals surface area contributed by atoms with Crippen LogP contribution in [0.2, 0.25) is 0 Å². The maximum absolute atomic E-state index is 13.4. The van der Waals surface area contributed by atoms with E-state index in [0.717, 1.165) is 29.7 Å². The molecule has 0 radical (unpaired) electrons. The summed E-state index contributed by atoms with van der Waals surface area (Å²) in [6, 6.07) is 25.9. The van der Waals surface area contributed by atoms with Gasteiger partial charge in [-0.15, -0.1) is 0 Å². The van der Waals surface area contributed by atoms with Crippen LogP contribution in [-0.4, -0.2) is 64.8 Å². The van der Waals surface area contributed by atoms with Crippen LogP contribution in [0.4, 0.5) is 9.59 Å². The van der Waals surface area contributed by atoms with Crippen LogP contribution in [-0.2, 0) is 33.9 Å². The van der Waals surface area contributed by atoms with Crippen molar-refractivity contribution in [2.24, 2.45) is 0 Å². The summed E-state index contributed by atoms with van der Waals surface area (Å²) in [5.74, 6) is 0.159. The summed E-state index contributed by atoms with van der Waals surface area (Å²) in [7, 11) is 0. The molecule has 2 aliphatic heterocycles. The normalized spacial score (nSPS) is 18.3. The molecule has 2 amide bonds. The molecule has 0 aromatic heterocycles. The summed E-state index contributed by atoms with van der Waals surface area (Å²) < 4.78 is 16.5. The van der Waals surface area contributed by atoms with Gasteiger partial charge in [-0.1, -0.05) is 72.8 Å². The standard InChI is InChI=1S/C31H33N3O6/c1-23(35)40-29-14-8-13-24(17-29)15-16-32-19-27-18-28(20-32)34(31(37)39-22-26-11-6-3-7-12-26)33(27)30(36)38-21-25-9-4-2-5-10-25/h2-14,17,27-28H,15-16,18-22H2,1H3. The van der Waals surface area contributed by atoms with E-state index in [9.17, 15) is 14.4 Å². The molecule has 2 fully saturated rings. The fourth-order valence-electron chi connectivity index (χ4n) is 5.29. The molecule has 2 atom stereocenters. The number of rotatable bonds is 8. The number of fused-ring (bicyclic) bond motifs is 2. The minimum Gasteiger partial charge on any atom is -0.443 e. The fraction of sp³-hybridized carbons (Fsp3) is 0.323. The van der Waals surface area contributed by atoms with Crippen molar-refractivity contribution in [3.8, 4) is 5.75 Å². The lowest BCUT2D eigenvalue weighted by Gasteiger charge is -2.30. The second-order valence-electron chi connectivity index (χ2n) is 10.1. The van der Waals surface area contributed by atoms with Crippen molar-refractivity contribution in [3.05, 3.63) is 102 Å². The zero-order chi connectivity index (χ0) is 27.9. The predicted octanol–water partition coefficient (Wildman–Crippen LogP) is 4.80. The van der Waals surface area contributed by atoms with Crippen LogP contribution in [0.25, 0.3) is 0 Å². The molecule has 0 aliphatic carbocycles. The van der Waals surface area contributed by atoms with E-state index in [1.54, 1.807) is 6.07 Å². The third-order valence-corrected chi connectivity index (χ3v) is 7.07. The SMILES string of the molecule is CC(=O)Oc1cccc(CCN2CC3CC(C2)N(C(=O)OCc2ccccc2)N3C(=O)OCc2ccccc2)c1. The first-order valence-electron chi connectivity index (χ1n) is 13.5. The molecule has 40 heavy (non-hydrogen) atoms. The molecule has 208 valence electrons. The number of hydrogen-bond donors (Lipinski definition) is 0. The Bertz CT molecular complexity index is 1250. The molecule has 9 nitrogen and oxygen atoms in total. The summed E-state index contributed by atoms with van der Waals surface area (Å²) in [4.78, 5) is 40.3. The average Bonchev–Trinajstić information content (AvgIpc) is 3.24. The van der Waals surface area contributed by atoms with Crippen LogP contribution in [0.3, 0.4) is 0 Å². The van der Waals surface area contributed by atoms with Crippen LogP contribution >= 0.6 is 0 Å². The molecular formula is C31H33N3O6. The summed E-state index contributed by atoms with van der Waals surface area (Å²) in [6.45, 7) is 3.53. The summed E-state index contributed by atoms with van der Waals surface area (Å²) in [5.41, 5.74) is 2.78. The van der Waals surface area contributed by atoms with Gasteiger partial charge >= 0.3 is 18.2 Å². The van der Waals surface area contributed by atoms with Gasteiger partial charge in [-0.25, -0.2) is 19.6 Å². The number of piperidine rings is 1. The third-order valence-electron chi connectivity index (χ3n) is 7.07. The first-order valence-corrected chi connectivity index (χ1v) is 13.5. The molecule has 2 aliphatic rings. The Hall–Kier alpha value is -4.37. The quantitative estimate of drug-likeness (QED) is 0.298. The number of hydrogen-bond acceptors (Lipinski definition) is 7. The Morgan fingerprint density at radius 2 is 1.25 bits per heavy atom. The molecule has 9 heteroatoms. The molecule has 2 heterocycles. The van der Waals surface area contributed by atoms with Crippen LogP contribution in [0, 0.1) is 0 Å². The van der Waals surface area contributed by atoms with Crippen LogP contribution in [0.5, 0.6) is 5.75 Å². The van der Waals surface area contributed by atoms with E-state index in [1.165, 1.54) is 16.9 Å². The smallest absolute Gasteiger partial charge is 0.429 e. The van der Waals surface area contributed by atoms with Crippen molar-refractivity contribution in [3.63, 3.8) is 0 Å². The van der Waals surface area contributed by atoms with E-state index in [1.807, 2.05) is 78.9 Å². The Morgan fingerprint density at radius 1 is 0.725 bits per heavy atom. The molecule has 2 unspecified atom stereocenters. The van der Waals surface area contributed by atoms with Gasteiger partial charge in [0.1, 0.15) is 19.0 Å². The lowest BCUT2D eigenvalue weighted by Crippen LogP contribution is -2.50. The fourth-order valence-corrected chi connectivity index (χ4v) is 5.29. The topological polar surface area (TPSA) is 88.6 Å². The number of nitrogens with zero attached hydrogens (tertiary/aromatic N) is 3. The second kappa shape index (κ2) is 12.7.